The van der Waals surface area contributed by atoms with Crippen molar-refractivity contribution < 1.29 is 93.6 Å². The number of aliphatic hydroxyl groups excluding tert-OH is 5. The summed E-state index contributed by atoms with van der Waals surface area (Å²) in [4.78, 5) is 65.7. The zero-order valence-electron chi connectivity index (χ0n) is 33.6. The Morgan fingerprint density at radius 2 is 1.47 bits per heavy atom. The van der Waals surface area contributed by atoms with E-state index in [4.69, 9.17) is 23.7 Å². The number of hydrogen-bond donors (Lipinski definition) is 11. The van der Waals surface area contributed by atoms with Crippen LogP contribution in [-0.2, 0) is 28.5 Å². The molecule has 0 radical (unpaired) electrons. The number of carboxylic acid groups (broad SMARTS) is 1. The van der Waals surface area contributed by atoms with Crippen molar-refractivity contribution in [1.82, 2.24) is 10.6 Å². The number of carbonyl (C=O) groups excluding carboxylic acids is 4. The maximum absolute atomic E-state index is 14.1. The van der Waals surface area contributed by atoms with Crippen LogP contribution in [0.4, 0.5) is 0 Å². The first kappa shape index (κ1) is 44.3. The fourth-order valence-electron chi connectivity index (χ4n) is 8.33. The third kappa shape index (κ3) is 7.29. The number of nitrogens with one attached hydrogen (secondary N) is 2. The molecule has 0 bridgehead atoms. The molecule has 332 valence electrons. The van der Waals surface area contributed by atoms with Crippen molar-refractivity contribution in [2.75, 3.05) is 13.7 Å². The van der Waals surface area contributed by atoms with Crippen LogP contribution in [-0.4, -0.2) is 150 Å². The Labute approximate surface area is 351 Å². The van der Waals surface area contributed by atoms with Crippen LogP contribution in [0.25, 0.3) is 11.1 Å². The fourth-order valence-corrected chi connectivity index (χ4v) is 8.33. The molecule has 11 N–H and O–H groups in total. The number of benzene rings is 3. The molecule has 21 nitrogen and oxygen atoms in total. The lowest BCUT2D eigenvalue weighted by Crippen LogP contribution is -2.66. The minimum Gasteiger partial charge on any atom is -0.507 e. The van der Waals surface area contributed by atoms with Crippen LogP contribution >= 0.6 is 0 Å². The van der Waals surface area contributed by atoms with Gasteiger partial charge in [-0.05, 0) is 49.6 Å². The number of phenols is 3. The van der Waals surface area contributed by atoms with E-state index in [2.05, 4.69) is 10.6 Å². The number of aliphatic carboxylic acids is 1. The van der Waals surface area contributed by atoms with Crippen molar-refractivity contribution in [2.45, 2.75) is 101 Å². The van der Waals surface area contributed by atoms with Gasteiger partial charge in [-0.15, -0.1) is 0 Å². The molecule has 2 amide bonds. The number of phenolic OH excluding ortho intramolecular Hbond substituents is 3. The van der Waals surface area contributed by atoms with Crippen LogP contribution < -0.4 is 15.4 Å². The van der Waals surface area contributed by atoms with E-state index in [1.54, 1.807) is 0 Å². The van der Waals surface area contributed by atoms with E-state index < -0.39 is 160 Å². The summed E-state index contributed by atoms with van der Waals surface area (Å²) in [5.74, 6) is -7.42. The zero-order valence-corrected chi connectivity index (χ0v) is 33.6. The van der Waals surface area contributed by atoms with Crippen LogP contribution in [0.2, 0.25) is 0 Å². The van der Waals surface area contributed by atoms with E-state index in [1.807, 2.05) is 0 Å². The highest BCUT2D eigenvalue weighted by Gasteiger charge is 2.52. The molecular weight excluding hydrogens is 824 g/mol. The quantitative estimate of drug-likeness (QED) is 0.0991. The average Bonchev–Trinajstić information content (AvgIpc) is 3.20. The van der Waals surface area contributed by atoms with Gasteiger partial charge in [-0.25, -0.2) is 0 Å². The molecule has 2 saturated heterocycles. The predicted molar refractivity (Wildman–Crippen MR) is 205 cm³/mol. The molecule has 2 aliphatic heterocycles. The first-order chi connectivity index (χ1) is 29.2. The Kier molecular flexibility index (Phi) is 11.8. The first-order valence-corrected chi connectivity index (χ1v) is 19.2. The summed E-state index contributed by atoms with van der Waals surface area (Å²) in [6.07, 6.45) is -16.8. The number of amides is 2. The molecule has 0 saturated carbocycles. The lowest BCUT2D eigenvalue weighted by atomic mass is 9.74. The van der Waals surface area contributed by atoms with Gasteiger partial charge >= 0.3 is 5.97 Å². The Morgan fingerprint density at radius 1 is 0.823 bits per heavy atom. The second kappa shape index (κ2) is 16.5. The molecule has 2 fully saturated rings. The molecule has 7 rings (SSSR count). The molecule has 12 atom stereocenters. The summed E-state index contributed by atoms with van der Waals surface area (Å²) in [7, 11) is 1.25. The molecule has 4 aliphatic rings. The number of aliphatic hydroxyl groups is 5. The predicted octanol–water partition coefficient (Wildman–Crippen LogP) is -0.695. The van der Waals surface area contributed by atoms with E-state index in [1.165, 1.54) is 46.9 Å². The highest BCUT2D eigenvalue weighted by molar-refractivity contribution is 6.31. The zero-order chi connectivity index (χ0) is 45.4. The molecule has 21 heteroatoms. The molecule has 0 aromatic heterocycles. The average molecular weight is 869 g/mol. The highest BCUT2D eigenvalue weighted by Crippen LogP contribution is 2.57. The topological polar surface area (TPSA) is 338 Å². The number of carboxylic acids is 1. The molecule has 2 aliphatic carbocycles. The van der Waals surface area contributed by atoms with Crippen LogP contribution in [0.3, 0.4) is 0 Å². The second-order valence-electron chi connectivity index (χ2n) is 15.5. The lowest BCUT2D eigenvalue weighted by Gasteiger charge is -2.47. The molecule has 62 heavy (non-hydrogen) atoms. The van der Waals surface area contributed by atoms with E-state index >= 15 is 0 Å². The Balaban J connectivity index is 1.37. The van der Waals surface area contributed by atoms with Crippen molar-refractivity contribution in [3.8, 4) is 34.1 Å². The van der Waals surface area contributed by atoms with Crippen LogP contribution in [0.5, 0.6) is 23.0 Å². The Hall–Kier alpha value is -5.75. The van der Waals surface area contributed by atoms with Crippen molar-refractivity contribution in [3.05, 3.63) is 68.8 Å². The first-order valence-electron chi connectivity index (χ1n) is 19.2. The molecule has 3 aromatic carbocycles. The SMILES string of the molecule is COc1cc(O)c2c(c1)C(=O)c1c(cc3c(c1O)-c1c(cc(C)c(C(=O)N[C@H](C)C(=O)O)c1O)[C@H](O[C@@H]1O[C@H](C)[C@H](NC(C)=O)[C@H](O[C@@H]4OC[C@@H](O)[C@H](O)[C@H]4O)[C@H]1O)[C@H]3O)C2=O. The number of methoxy groups -OCH3 is 1. The number of carbonyl (C=O) groups is 5. The Bertz CT molecular complexity index is 2380. The maximum Gasteiger partial charge on any atom is 0.325 e. The van der Waals surface area contributed by atoms with Gasteiger partial charge in [-0.2, -0.15) is 0 Å². The number of ether oxygens (including phenoxy) is 5. The van der Waals surface area contributed by atoms with E-state index in [-0.39, 0.29) is 28.0 Å². The summed E-state index contributed by atoms with van der Waals surface area (Å²) in [5, 5.41) is 104. The minimum atomic E-state index is -1.95. The molecule has 2 heterocycles. The number of rotatable bonds is 9. The van der Waals surface area contributed by atoms with Crippen molar-refractivity contribution in [3.63, 3.8) is 0 Å². The van der Waals surface area contributed by atoms with Crippen molar-refractivity contribution >= 4 is 29.4 Å². The molecule has 0 unspecified atom stereocenters. The summed E-state index contributed by atoms with van der Waals surface area (Å²) in [6, 6.07) is 1.95. The van der Waals surface area contributed by atoms with Gasteiger partial charge in [0.05, 0.1) is 42.6 Å². The lowest BCUT2D eigenvalue weighted by molar-refractivity contribution is -0.339. The van der Waals surface area contributed by atoms with E-state index in [0.717, 1.165) is 12.1 Å². The third-order valence-corrected chi connectivity index (χ3v) is 11.5. The largest absolute Gasteiger partial charge is 0.507 e. The Morgan fingerprint density at radius 3 is 2.11 bits per heavy atom. The van der Waals surface area contributed by atoms with Crippen LogP contribution in [0, 0.1) is 6.92 Å². The van der Waals surface area contributed by atoms with Gasteiger partial charge in [0.1, 0.15) is 71.8 Å². The van der Waals surface area contributed by atoms with Gasteiger partial charge in [-0.1, -0.05) is 6.07 Å². The normalized spacial score (nSPS) is 29.4. The molecule has 0 spiro atoms. The summed E-state index contributed by atoms with van der Waals surface area (Å²) >= 11 is 0. The highest BCUT2D eigenvalue weighted by atomic mass is 16.7. The van der Waals surface area contributed by atoms with E-state index in [0.29, 0.717) is 0 Å². The number of hydrogen-bond acceptors (Lipinski definition) is 18. The number of aromatic hydroxyl groups is 3. The standard InChI is InChI=1S/C41H44N2O19/c1-11-6-19-25(32(51)22(11)38(55)42-12(2)39(56)57)24-17(9-18-26(33(24)52)29(48)16-7-15(58-5)8-20(45)23(16)28(18)47)30(49)36(19)61-41-35(54)37(27(13(3)60-41)43-14(4)44)62-40-34(53)31(50)21(46)10-59-40/h6-9,12-13,21,27,30-31,34-37,40-41,45-46,49-54H,10H2,1-5H3,(H,42,55)(H,43,44)(H,56,57)/t12-,13-,21-,27+,30+,31+,34-,35-,36+,37+,40+,41+/m1/s1. The summed E-state index contributed by atoms with van der Waals surface area (Å²) in [6.45, 7) is 4.69. The number of ketones is 2. The van der Waals surface area contributed by atoms with Gasteiger partial charge in [0, 0.05) is 35.2 Å². The van der Waals surface area contributed by atoms with Gasteiger partial charge in [0.2, 0.25) is 5.91 Å². The van der Waals surface area contributed by atoms with Crippen molar-refractivity contribution in [2.24, 2.45) is 0 Å². The summed E-state index contributed by atoms with van der Waals surface area (Å²) in [5.41, 5.74) is -3.70. The van der Waals surface area contributed by atoms with Gasteiger partial charge in [0.25, 0.3) is 5.91 Å². The van der Waals surface area contributed by atoms with E-state index in [9.17, 15) is 69.9 Å². The minimum absolute atomic E-state index is 0.000251. The van der Waals surface area contributed by atoms with Crippen LogP contribution in [0.15, 0.2) is 24.3 Å². The number of aryl methyl sites for hydroxylation is 1. The number of fused-ring (bicyclic) bond motifs is 5. The smallest absolute Gasteiger partial charge is 0.325 e. The second-order valence-corrected chi connectivity index (χ2v) is 15.5. The van der Waals surface area contributed by atoms with Gasteiger partial charge in [0.15, 0.2) is 24.1 Å². The third-order valence-electron chi connectivity index (χ3n) is 11.5. The maximum atomic E-state index is 14.1. The van der Waals surface area contributed by atoms with Gasteiger partial charge < -0.3 is 80.3 Å². The summed E-state index contributed by atoms with van der Waals surface area (Å²) < 4.78 is 28.8. The molecular formula is C41H44N2O19. The fraction of sp³-hybridized carbons (Fsp3) is 0.439. The van der Waals surface area contributed by atoms with Crippen LogP contribution in [0.1, 0.15) is 91.9 Å². The molecule has 3 aromatic rings. The van der Waals surface area contributed by atoms with Gasteiger partial charge in [-0.3, -0.25) is 24.0 Å². The monoisotopic (exact) mass is 868 g/mol. The van der Waals surface area contributed by atoms with Crippen molar-refractivity contribution in [1.29, 1.82) is 0 Å².